The highest BCUT2D eigenvalue weighted by molar-refractivity contribution is 4.84. The van der Waals surface area contributed by atoms with Crippen LogP contribution in [-0.4, -0.2) is 18.7 Å². The molecule has 3 heteroatoms. The van der Waals surface area contributed by atoms with E-state index in [0.717, 1.165) is 19.3 Å². The first kappa shape index (κ1) is 8.54. The summed E-state index contributed by atoms with van der Waals surface area (Å²) in [4.78, 5) is 4.97. The lowest BCUT2D eigenvalue weighted by molar-refractivity contribution is 0.0396. The Bertz CT molecular complexity index is 153. The molecule has 1 rings (SSSR count). The van der Waals surface area contributed by atoms with Crippen molar-refractivity contribution in [3.63, 3.8) is 0 Å². The van der Waals surface area contributed by atoms with Crippen molar-refractivity contribution in [2.24, 2.45) is 5.73 Å². The van der Waals surface area contributed by atoms with Crippen LogP contribution in [-0.2, 0) is 4.84 Å². The number of hydroxylamine groups is 1. The maximum Gasteiger partial charge on any atom is 0.128 e. The maximum absolute atomic E-state index is 5.69. The van der Waals surface area contributed by atoms with Crippen LogP contribution in [0.3, 0.4) is 0 Å². The Labute approximate surface area is 67.2 Å². The van der Waals surface area contributed by atoms with Crippen LogP contribution in [0.15, 0.2) is 0 Å². The molecule has 11 heavy (non-hydrogen) atoms. The van der Waals surface area contributed by atoms with Crippen LogP contribution >= 0.6 is 0 Å². The average molecular weight is 154 g/mol. The van der Waals surface area contributed by atoms with Crippen LogP contribution in [0.25, 0.3) is 0 Å². The molecule has 2 atom stereocenters. The van der Waals surface area contributed by atoms with Gasteiger partial charge in [0, 0.05) is 12.1 Å². The van der Waals surface area contributed by atoms with E-state index in [1.807, 2.05) is 0 Å². The van der Waals surface area contributed by atoms with Crippen molar-refractivity contribution in [3.05, 3.63) is 0 Å². The maximum atomic E-state index is 5.69. The molecule has 0 saturated heterocycles. The van der Waals surface area contributed by atoms with Gasteiger partial charge in [-0.2, -0.15) is 5.48 Å². The van der Waals surface area contributed by atoms with Crippen molar-refractivity contribution in [3.8, 4) is 12.3 Å². The number of hydrogen-bond donors (Lipinski definition) is 2. The minimum absolute atomic E-state index is 0.325. The molecule has 0 aromatic carbocycles. The van der Waals surface area contributed by atoms with Crippen LogP contribution in [0.1, 0.15) is 19.3 Å². The first-order valence-electron chi connectivity index (χ1n) is 3.89. The fourth-order valence-electron chi connectivity index (χ4n) is 1.32. The fourth-order valence-corrected chi connectivity index (χ4v) is 1.32. The van der Waals surface area contributed by atoms with E-state index >= 15 is 0 Å². The standard InChI is InChI=1S/C8H14N2O/c1-2-5-11-10-8-4-3-7(9)6-8/h1,7-8,10H,3-6,9H2. The highest BCUT2D eigenvalue weighted by atomic mass is 16.6. The van der Waals surface area contributed by atoms with E-state index in [1.54, 1.807) is 0 Å². The third kappa shape index (κ3) is 2.89. The molecule has 1 saturated carbocycles. The number of hydrogen-bond acceptors (Lipinski definition) is 3. The van der Waals surface area contributed by atoms with E-state index in [1.165, 1.54) is 0 Å². The van der Waals surface area contributed by atoms with Crippen molar-refractivity contribution in [1.29, 1.82) is 0 Å². The Morgan fingerprint density at radius 3 is 3.00 bits per heavy atom. The largest absolute Gasteiger partial charge is 0.328 e. The van der Waals surface area contributed by atoms with E-state index in [0.29, 0.717) is 18.7 Å². The molecule has 3 nitrogen and oxygen atoms in total. The Hall–Kier alpha value is -0.560. The van der Waals surface area contributed by atoms with Crippen LogP contribution in [0.2, 0.25) is 0 Å². The third-order valence-electron chi connectivity index (χ3n) is 1.88. The van der Waals surface area contributed by atoms with Crippen LogP contribution < -0.4 is 11.2 Å². The van der Waals surface area contributed by atoms with Gasteiger partial charge in [-0.25, -0.2) is 0 Å². The van der Waals surface area contributed by atoms with Gasteiger partial charge >= 0.3 is 0 Å². The number of rotatable bonds is 3. The molecule has 62 valence electrons. The molecule has 0 radical (unpaired) electrons. The lowest BCUT2D eigenvalue weighted by Gasteiger charge is -2.09. The van der Waals surface area contributed by atoms with Gasteiger partial charge in [-0.05, 0) is 19.3 Å². The Morgan fingerprint density at radius 1 is 1.64 bits per heavy atom. The Morgan fingerprint density at radius 2 is 2.45 bits per heavy atom. The number of nitrogens with one attached hydrogen (secondary N) is 1. The molecule has 0 heterocycles. The fraction of sp³-hybridized carbons (Fsp3) is 0.750. The van der Waals surface area contributed by atoms with Crippen LogP contribution in [0.4, 0.5) is 0 Å². The van der Waals surface area contributed by atoms with Crippen LogP contribution in [0.5, 0.6) is 0 Å². The van der Waals surface area contributed by atoms with Gasteiger partial charge in [0.05, 0.1) is 0 Å². The van der Waals surface area contributed by atoms with Gasteiger partial charge in [0.2, 0.25) is 0 Å². The predicted octanol–water partition coefficient (Wildman–Crippen LogP) is 0.0206. The quantitative estimate of drug-likeness (QED) is 0.342. The molecule has 0 bridgehead atoms. The van der Waals surface area contributed by atoms with E-state index < -0.39 is 0 Å². The lowest BCUT2D eigenvalue weighted by Crippen LogP contribution is -2.28. The Balaban J connectivity index is 2.05. The van der Waals surface area contributed by atoms with Crippen molar-refractivity contribution >= 4 is 0 Å². The summed E-state index contributed by atoms with van der Waals surface area (Å²) in [5.41, 5.74) is 8.58. The highest BCUT2D eigenvalue weighted by Gasteiger charge is 2.21. The molecule has 0 aliphatic heterocycles. The topological polar surface area (TPSA) is 47.3 Å². The molecule has 0 aromatic rings. The zero-order valence-electron chi connectivity index (χ0n) is 6.55. The lowest BCUT2D eigenvalue weighted by atomic mass is 10.2. The number of nitrogens with two attached hydrogens (primary N) is 1. The third-order valence-corrected chi connectivity index (χ3v) is 1.88. The molecule has 1 fully saturated rings. The molecule has 1 aliphatic rings. The van der Waals surface area contributed by atoms with Crippen molar-refractivity contribution in [1.82, 2.24) is 5.48 Å². The molecule has 1 aliphatic carbocycles. The molecule has 0 spiro atoms. The summed E-state index contributed by atoms with van der Waals surface area (Å²) in [6.45, 7) is 0.325. The van der Waals surface area contributed by atoms with E-state index in [9.17, 15) is 0 Å². The summed E-state index contributed by atoms with van der Waals surface area (Å²) < 4.78 is 0. The van der Waals surface area contributed by atoms with Gasteiger partial charge in [-0.15, -0.1) is 6.42 Å². The van der Waals surface area contributed by atoms with Gasteiger partial charge < -0.3 is 5.73 Å². The van der Waals surface area contributed by atoms with Gasteiger partial charge in [0.15, 0.2) is 0 Å². The van der Waals surface area contributed by atoms with E-state index in [-0.39, 0.29) is 0 Å². The summed E-state index contributed by atoms with van der Waals surface area (Å²) in [7, 11) is 0. The highest BCUT2D eigenvalue weighted by Crippen LogP contribution is 2.16. The van der Waals surface area contributed by atoms with Crippen molar-refractivity contribution in [2.45, 2.75) is 31.3 Å². The zero-order chi connectivity index (χ0) is 8.10. The summed E-state index contributed by atoms with van der Waals surface area (Å²) >= 11 is 0. The van der Waals surface area contributed by atoms with E-state index in [4.69, 9.17) is 17.0 Å². The SMILES string of the molecule is C#CCONC1CCC(N)C1. The van der Waals surface area contributed by atoms with Gasteiger partial charge in [0.25, 0.3) is 0 Å². The summed E-state index contributed by atoms with van der Waals surface area (Å²) in [5.74, 6) is 2.39. The predicted molar refractivity (Wildman–Crippen MR) is 43.5 cm³/mol. The van der Waals surface area contributed by atoms with Crippen molar-refractivity contribution < 1.29 is 4.84 Å². The van der Waals surface area contributed by atoms with Gasteiger partial charge in [0.1, 0.15) is 6.61 Å². The Kier molecular flexibility index (Phi) is 3.37. The summed E-state index contributed by atoms with van der Waals surface area (Å²) in [5, 5.41) is 0. The zero-order valence-corrected chi connectivity index (χ0v) is 6.55. The molecule has 3 N–H and O–H groups in total. The first-order valence-corrected chi connectivity index (χ1v) is 3.89. The second kappa shape index (κ2) is 4.35. The minimum Gasteiger partial charge on any atom is -0.328 e. The minimum atomic E-state index is 0.325. The summed E-state index contributed by atoms with van der Waals surface area (Å²) in [6, 6.07) is 0.736. The smallest absolute Gasteiger partial charge is 0.128 e. The number of terminal acetylenes is 1. The molecule has 0 amide bonds. The molecular formula is C8H14N2O. The van der Waals surface area contributed by atoms with E-state index in [2.05, 4.69) is 11.4 Å². The van der Waals surface area contributed by atoms with Crippen LogP contribution in [0, 0.1) is 12.3 Å². The molecule has 0 aromatic heterocycles. The second-order valence-corrected chi connectivity index (χ2v) is 2.88. The molecular weight excluding hydrogens is 140 g/mol. The molecule has 2 unspecified atom stereocenters. The first-order chi connectivity index (χ1) is 5.33. The second-order valence-electron chi connectivity index (χ2n) is 2.88. The van der Waals surface area contributed by atoms with Gasteiger partial charge in [-0.1, -0.05) is 5.92 Å². The van der Waals surface area contributed by atoms with Gasteiger partial charge in [-0.3, -0.25) is 4.84 Å². The summed E-state index contributed by atoms with van der Waals surface area (Å²) in [6.07, 6.45) is 8.16. The average Bonchev–Trinajstić information content (AvgIpc) is 2.37. The van der Waals surface area contributed by atoms with Crippen molar-refractivity contribution in [2.75, 3.05) is 6.61 Å². The monoisotopic (exact) mass is 154 g/mol. The normalized spacial score (nSPS) is 30.2.